The van der Waals surface area contributed by atoms with Crippen molar-refractivity contribution < 1.29 is 0 Å². The van der Waals surface area contributed by atoms with Gasteiger partial charge in [0.15, 0.2) is 0 Å². The first-order chi connectivity index (χ1) is 5.27. The van der Waals surface area contributed by atoms with E-state index in [4.69, 9.17) is 5.73 Å². The van der Waals surface area contributed by atoms with Gasteiger partial charge in [0.25, 0.3) is 0 Å². The second-order valence-electron chi connectivity index (χ2n) is 2.16. The average Bonchev–Trinajstić information content (AvgIpc) is 2.04. The molecule has 60 valence electrons. The van der Waals surface area contributed by atoms with Crippen molar-refractivity contribution in [3.8, 4) is 0 Å². The molecule has 0 saturated carbocycles. The van der Waals surface area contributed by atoms with Gasteiger partial charge in [0, 0.05) is 18.3 Å². The minimum absolute atomic E-state index is 0.510. The van der Waals surface area contributed by atoms with Gasteiger partial charge in [-0.1, -0.05) is 0 Å². The number of hydrogen-bond donors (Lipinski definition) is 1. The van der Waals surface area contributed by atoms with Crippen LogP contribution in [0.15, 0.2) is 11.2 Å². The van der Waals surface area contributed by atoms with Gasteiger partial charge in [0.1, 0.15) is 10.9 Å². The molecule has 0 aromatic carbocycles. The molecule has 0 radical (unpaired) electrons. The molecular weight excluding hydrogens is 158 g/mol. The lowest BCUT2D eigenvalue weighted by molar-refractivity contribution is 0.887. The molecule has 0 saturated heterocycles. The van der Waals surface area contributed by atoms with Gasteiger partial charge in [0.05, 0.1) is 0 Å². The third-order valence-corrected chi connectivity index (χ3v) is 2.10. The minimum Gasteiger partial charge on any atom is -0.326 e. The fourth-order valence-electron chi connectivity index (χ4n) is 0.791. The molecule has 2 N–H and O–H groups in total. The van der Waals surface area contributed by atoms with Gasteiger partial charge in [-0.2, -0.15) is 0 Å². The van der Waals surface area contributed by atoms with Crippen LogP contribution in [0.5, 0.6) is 0 Å². The van der Waals surface area contributed by atoms with Crippen LogP contribution >= 0.6 is 11.8 Å². The highest BCUT2D eigenvalue weighted by Crippen LogP contribution is 2.15. The van der Waals surface area contributed by atoms with Crippen molar-refractivity contribution >= 4 is 11.8 Å². The molecule has 3 nitrogen and oxygen atoms in total. The van der Waals surface area contributed by atoms with Crippen LogP contribution in [0.1, 0.15) is 11.4 Å². The monoisotopic (exact) mass is 169 g/mol. The molecule has 11 heavy (non-hydrogen) atoms. The summed E-state index contributed by atoms with van der Waals surface area (Å²) in [7, 11) is 0. The fraction of sp³-hybridized carbons (Fsp3) is 0.429. The van der Waals surface area contributed by atoms with Crippen LogP contribution in [0.2, 0.25) is 0 Å². The van der Waals surface area contributed by atoms with E-state index in [2.05, 4.69) is 9.97 Å². The maximum atomic E-state index is 5.48. The Morgan fingerprint density at radius 2 is 2.36 bits per heavy atom. The largest absolute Gasteiger partial charge is 0.326 e. The maximum absolute atomic E-state index is 5.48. The second kappa shape index (κ2) is 3.69. The fourth-order valence-corrected chi connectivity index (χ4v) is 1.41. The van der Waals surface area contributed by atoms with Crippen molar-refractivity contribution in [2.45, 2.75) is 18.5 Å². The molecule has 0 amide bonds. The average molecular weight is 169 g/mol. The molecule has 4 heteroatoms. The second-order valence-corrected chi connectivity index (χ2v) is 2.95. The minimum atomic E-state index is 0.510. The molecular formula is C7H11N3S. The molecule has 1 rings (SSSR count). The lowest BCUT2D eigenvalue weighted by atomic mass is 10.3. The smallest absolute Gasteiger partial charge is 0.126 e. The van der Waals surface area contributed by atoms with E-state index in [1.54, 1.807) is 18.0 Å². The molecule has 1 heterocycles. The Balaban J connectivity index is 3.06. The normalized spacial score (nSPS) is 10.1. The molecule has 0 aliphatic carbocycles. The van der Waals surface area contributed by atoms with Gasteiger partial charge in [-0.05, 0) is 13.2 Å². The van der Waals surface area contributed by atoms with E-state index in [9.17, 15) is 0 Å². The van der Waals surface area contributed by atoms with E-state index in [1.165, 1.54) is 0 Å². The maximum Gasteiger partial charge on any atom is 0.126 e. The summed E-state index contributed by atoms with van der Waals surface area (Å²) in [5.41, 5.74) is 6.50. The summed E-state index contributed by atoms with van der Waals surface area (Å²) in [5, 5.41) is 0.986. The zero-order valence-electron chi connectivity index (χ0n) is 6.66. The van der Waals surface area contributed by atoms with Crippen LogP contribution < -0.4 is 5.73 Å². The molecule has 0 spiro atoms. The van der Waals surface area contributed by atoms with Crippen LogP contribution in [0.25, 0.3) is 0 Å². The van der Waals surface area contributed by atoms with E-state index in [-0.39, 0.29) is 0 Å². The number of aromatic nitrogens is 2. The molecule has 1 aromatic heterocycles. The standard InChI is InChI=1S/C7H11N3S/c1-5-9-4-6(3-8)7(10-5)11-2/h4H,3,8H2,1-2H3. The van der Waals surface area contributed by atoms with Gasteiger partial charge in [-0.3, -0.25) is 0 Å². The molecule has 0 atom stereocenters. The Morgan fingerprint density at radius 3 is 2.91 bits per heavy atom. The van der Waals surface area contributed by atoms with Crippen molar-refractivity contribution in [1.82, 2.24) is 9.97 Å². The highest BCUT2D eigenvalue weighted by atomic mass is 32.2. The van der Waals surface area contributed by atoms with Crippen LogP contribution in [0.3, 0.4) is 0 Å². The Bertz CT molecular complexity index is 249. The molecule has 0 unspecified atom stereocenters. The Kier molecular flexibility index (Phi) is 2.84. The van der Waals surface area contributed by atoms with Gasteiger partial charge >= 0.3 is 0 Å². The summed E-state index contributed by atoms with van der Waals surface area (Å²) in [4.78, 5) is 8.29. The predicted octanol–water partition coefficient (Wildman–Crippen LogP) is 0.966. The molecule has 0 fully saturated rings. The highest BCUT2D eigenvalue weighted by molar-refractivity contribution is 7.98. The first-order valence-corrected chi connectivity index (χ1v) is 4.57. The van der Waals surface area contributed by atoms with Crippen molar-refractivity contribution in [3.05, 3.63) is 17.6 Å². The summed E-state index contributed by atoms with van der Waals surface area (Å²) >= 11 is 1.60. The highest BCUT2D eigenvalue weighted by Gasteiger charge is 2.00. The van der Waals surface area contributed by atoms with Crippen LogP contribution in [-0.4, -0.2) is 16.2 Å². The third-order valence-electron chi connectivity index (χ3n) is 1.36. The zero-order chi connectivity index (χ0) is 8.27. The van der Waals surface area contributed by atoms with Gasteiger partial charge in [0.2, 0.25) is 0 Å². The van der Waals surface area contributed by atoms with E-state index < -0.39 is 0 Å². The van der Waals surface area contributed by atoms with Crippen LogP contribution in [0, 0.1) is 6.92 Å². The number of rotatable bonds is 2. The van der Waals surface area contributed by atoms with Crippen LogP contribution in [0.4, 0.5) is 0 Å². The Hall–Kier alpha value is -0.610. The zero-order valence-corrected chi connectivity index (χ0v) is 7.48. The SMILES string of the molecule is CSc1nc(C)ncc1CN. The molecule has 0 aliphatic rings. The van der Waals surface area contributed by atoms with E-state index in [1.807, 2.05) is 13.2 Å². The molecule has 1 aromatic rings. The summed E-state index contributed by atoms with van der Waals surface area (Å²) in [6, 6.07) is 0. The number of aryl methyl sites for hydroxylation is 1. The summed E-state index contributed by atoms with van der Waals surface area (Å²) in [6.45, 7) is 2.39. The van der Waals surface area contributed by atoms with E-state index >= 15 is 0 Å². The van der Waals surface area contributed by atoms with Crippen molar-refractivity contribution in [2.75, 3.05) is 6.26 Å². The lowest BCUT2D eigenvalue weighted by Crippen LogP contribution is -2.02. The predicted molar refractivity (Wildman–Crippen MR) is 46.4 cm³/mol. The Morgan fingerprint density at radius 1 is 1.64 bits per heavy atom. The van der Waals surface area contributed by atoms with Gasteiger partial charge in [-0.25, -0.2) is 9.97 Å². The number of thioether (sulfide) groups is 1. The summed E-state index contributed by atoms with van der Waals surface area (Å²) in [6.07, 6.45) is 3.77. The molecule has 0 bridgehead atoms. The van der Waals surface area contributed by atoms with Crippen molar-refractivity contribution in [3.63, 3.8) is 0 Å². The topological polar surface area (TPSA) is 51.8 Å². The van der Waals surface area contributed by atoms with Gasteiger partial charge < -0.3 is 5.73 Å². The van der Waals surface area contributed by atoms with Gasteiger partial charge in [-0.15, -0.1) is 11.8 Å². The van der Waals surface area contributed by atoms with E-state index in [0.717, 1.165) is 16.4 Å². The quantitative estimate of drug-likeness (QED) is 0.529. The first kappa shape index (κ1) is 8.49. The lowest BCUT2D eigenvalue weighted by Gasteiger charge is -2.02. The van der Waals surface area contributed by atoms with Crippen LogP contribution in [-0.2, 0) is 6.54 Å². The molecule has 0 aliphatic heterocycles. The Labute approximate surface area is 70.4 Å². The number of nitrogens with two attached hydrogens (primary N) is 1. The first-order valence-electron chi connectivity index (χ1n) is 3.34. The van der Waals surface area contributed by atoms with Crippen molar-refractivity contribution in [1.29, 1.82) is 0 Å². The summed E-state index contributed by atoms with van der Waals surface area (Å²) < 4.78 is 0. The summed E-state index contributed by atoms with van der Waals surface area (Å²) in [5.74, 6) is 0.798. The number of nitrogens with zero attached hydrogens (tertiary/aromatic N) is 2. The third kappa shape index (κ3) is 1.91. The van der Waals surface area contributed by atoms with Crippen molar-refractivity contribution in [2.24, 2.45) is 5.73 Å². The number of hydrogen-bond acceptors (Lipinski definition) is 4. The van der Waals surface area contributed by atoms with E-state index in [0.29, 0.717) is 6.54 Å².